The third-order valence-corrected chi connectivity index (χ3v) is 4.77. The zero-order chi connectivity index (χ0) is 18.7. The molecule has 0 aliphatic carbocycles. The summed E-state index contributed by atoms with van der Waals surface area (Å²) in [6.45, 7) is 4.19. The van der Waals surface area contributed by atoms with Gasteiger partial charge in [-0.25, -0.2) is 9.59 Å². The highest BCUT2D eigenvalue weighted by Gasteiger charge is 2.21. The fourth-order valence-electron chi connectivity index (χ4n) is 3.34. The summed E-state index contributed by atoms with van der Waals surface area (Å²) in [5, 5.41) is 18.8. The number of hydrogen-bond acceptors (Lipinski definition) is 2. The van der Waals surface area contributed by atoms with Crippen molar-refractivity contribution >= 4 is 11.9 Å². The van der Waals surface area contributed by atoms with Crippen LogP contribution >= 0.6 is 0 Å². The van der Waals surface area contributed by atoms with E-state index in [-0.39, 0.29) is 11.1 Å². The van der Waals surface area contributed by atoms with Crippen molar-refractivity contribution in [2.24, 2.45) is 0 Å². The molecule has 4 heteroatoms. The highest BCUT2D eigenvalue weighted by Crippen LogP contribution is 2.23. The maximum Gasteiger partial charge on any atom is 0.336 e. The van der Waals surface area contributed by atoms with E-state index in [4.69, 9.17) is 0 Å². The monoisotopic (exact) mass is 348 g/mol. The fraction of sp³-hybridized carbons (Fsp3) is 0.619. The van der Waals surface area contributed by atoms with E-state index in [0.29, 0.717) is 18.4 Å². The minimum Gasteiger partial charge on any atom is -0.478 e. The predicted molar refractivity (Wildman–Crippen MR) is 101 cm³/mol. The van der Waals surface area contributed by atoms with Gasteiger partial charge in [0.25, 0.3) is 0 Å². The van der Waals surface area contributed by atoms with E-state index >= 15 is 0 Å². The number of benzene rings is 1. The van der Waals surface area contributed by atoms with E-state index in [9.17, 15) is 19.8 Å². The number of carboxylic acid groups (broad SMARTS) is 2. The number of aryl methyl sites for hydroxylation is 1. The fourth-order valence-corrected chi connectivity index (χ4v) is 3.34. The SMILES string of the molecule is CCCCCCCCCCCc1c(CC)ccc(C(=O)O)c1C(=O)O. The van der Waals surface area contributed by atoms with Crippen LogP contribution in [0.15, 0.2) is 12.1 Å². The van der Waals surface area contributed by atoms with Crippen molar-refractivity contribution in [3.63, 3.8) is 0 Å². The minimum atomic E-state index is -1.17. The van der Waals surface area contributed by atoms with E-state index in [1.165, 1.54) is 44.6 Å². The van der Waals surface area contributed by atoms with Gasteiger partial charge in [0.05, 0.1) is 11.1 Å². The van der Waals surface area contributed by atoms with Gasteiger partial charge in [0.1, 0.15) is 0 Å². The lowest BCUT2D eigenvalue weighted by atomic mass is 9.90. The molecule has 0 aromatic heterocycles. The Hall–Kier alpha value is -1.84. The molecule has 0 radical (unpaired) electrons. The molecule has 1 rings (SSSR count). The number of aromatic carboxylic acids is 2. The highest BCUT2D eigenvalue weighted by atomic mass is 16.4. The summed E-state index contributed by atoms with van der Waals surface area (Å²) in [5.74, 6) is -2.31. The average Bonchev–Trinajstić information content (AvgIpc) is 2.59. The molecule has 0 unspecified atom stereocenters. The Kier molecular flexibility index (Phi) is 9.90. The molecule has 0 aliphatic heterocycles. The van der Waals surface area contributed by atoms with E-state index in [1.807, 2.05) is 6.92 Å². The second kappa shape index (κ2) is 11.7. The summed E-state index contributed by atoms with van der Waals surface area (Å²) in [4.78, 5) is 23.0. The number of unbranched alkanes of at least 4 members (excludes halogenated alkanes) is 8. The highest BCUT2D eigenvalue weighted by molar-refractivity contribution is 6.03. The van der Waals surface area contributed by atoms with Gasteiger partial charge < -0.3 is 10.2 Å². The number of carboxylic acids is 2. The molecular formula is C21H32O4. The van der Waals surface area contributed by atoms with Gasteiger partial charge in [-0.05, 0) is 36.5 Å². The molecule has 0 saturated carbocycles. The molecule has 0 amide bonds. The molecule has 0 saturated heterocycles. The number of carbonyl (C=O) groups is 2. The third-order valence-electron chi connectivity index (χ3n) is 4.77. The Labute approximate surface area is 151 Å². The zero-order valence-corrected chi connectivity index (χ0v) is 15.6. The first kappa shape index (κ1) is 21.2. The summed E-state index contributed by atoms with van der Waals surface area (Å²) in [5.41, 5.74) is 1.53. The van der Waals surface area contributed by atoms with Crippen LogP contribution in [0.25, 0.3) is 0 Å². The summed E-state index contributed by atoms with van der Waals surface area (Å²) in [7, 11) is 0. The van der Waals surface area contributed by atoms with Crippen LogP contribution in [-0.2, 0) is 12.8 Å². The molecule has 0 bridgehead atoms. The molecule has 0 spiro atoms. The van der Waals surface area contributed by atoms with Crippen LogP contribution < -0.4 is 0 Å². The summed E-state index contributed by atoms with van der Waals surface area (Å²) < 4.78 is 0. The molecule has 1 aromatic carbocycles. The normalized spacial score (nSPS) is 10.8. The largest absolute Gasteiger partial charge is 0.478 e. The van der Waals surface area contributed by atoms with E-state index < -0.39 is 11.9 Å². The lowest BCUT2D eigenvalue weighted by Crippen LogP contribution is -2.13. The molecular weight excluding hydrogens is 316 g/mol. The van der Waals surface area contributed by atoms with Gasteiger partial charge in [0.2, 0.25) is 0 Å². The number of hydrogen-bond donors (Lipinski definition) is 2. The molecule has 25 heavy (non-hydrogen) atoms. The van der Waals surface area contributed by atoms with Gasteiger partial charge in [0.15, 0.2) is 0 Å². The molecule has 4 nitrogen and oxygen atoms in total. The summed E-state index contributed by atoms with van der Waals surface area (Å²) >= 11 is 0. The molecule has 2 N–H and O–H groups in total. The van der Waals surface area contributed by atoms with Gasteiger partial charge in [-0.1, -0.05) is 71.3 Å². The van der Waals surface area contributed by atoms with Crippen molar-refractivity contribution < 1.29 is 19.8 Å². The lowest BCUT2D eigenvalue weighted by Gasteiger charge is -2.14. The Balaban J connectivity index is 2.61. The third kappa shape index (κ3) is 6.89. The Morgan fingerprint density at radius 2 is 1.36 bits per heavy atom. The van der Waals surface area contributed by atoms with E-state index in [1.54, 1.807) is 6.07 Å². The molecule has 0 aliphatic rings. The van der Waals surface area contributed by atoms with Crippen molar-refractivity contribution in [2.75, 3.05) is 0 Å². The molecule has 0 fully saturated rings. The van der Waals surface area contributed by atoms with Gasteiger partial charge in [0, 0.05) is 0 Å². The van der Waals surface area contributed by atoms with Crippen LogP contribution in [-0.4, -0.2) is 22.2 Å². The predicted octanol–water partition coefficient (Wildman–Crippen LogP) is 5.72. The van der Waals surface area contributed by atoms with Crippen LogP contribution in [0.2, 0.25) is 0 Å². The molecule has 0 heterocycles. The van der Waals surface area contributed by atoms with Crippen molar-refractivity contribution in [1.82, 2.24) is 0 Å². The quantitative estimate of drug-likeness (QED) is 0.447. The second-order valence-electron chi connectivity index (χ2n) is 6.67. The molecule has 1 aromatic rings. The molecule has 0 atom stereocenters. The standard InChI is InChI=1S/C21H32O4/c1-3-5-6-7-8-9-10-11-12-13-17-16(4-2)14-15-18(20(22)23)19(17)21(24)25/h14-15H,3-13H2,1-2H3,(H,22,23)(H,24,25). The van der Waals surface area contributed by atoms with E-state index in [0.717, 1.165) is 24.8 Å². The zero-order valence-electron chi connectivity index (χ0n) is 15.6. The first-order valence-electron chi connectivity index (χ1n) is 9.64. The van der Waals surface area contributed by atoms with Crippen LogP contribution in [0.5, 0.6) is 0 Å². The Morgan fingerprint density at radius 1 is 0.800 bits per heavy atom. The first-order chi connectivity index (χ1) is 12.0. The van der Waals surface area contributed by atoms with Crippen LogP contribution in [0.1, 0.15) is 103 Å². The van der Waals surface area contributed by atoms with Gasteiger partial charge >= 0.3 is 11.9 Å². The van der Waals surface area contributed by atoms with Crippen molar-refractivity contribution in [3.05, 3.63) is 34.4 Å². The van der Waals surface area contributed by atoms with Crippen LogP contribution in [0, 0.1) is 0 Å². The van der Waals surface area contributed by atoms with Crippen LogP contribution in [0.3, 0.4) is 0 Å². The molecule has 140 valence electrons. The van der Waals surface area contributed by atoms with Crippen LogP contribution in [0.4, 0.5) is 0 Å². The smallest absolute Gasteiger partial charge is 0.336 e. The topological polar surface area (TPSA) is 74.6 Å². The first-order valence-corrected chi connectivity index (χ1v) is 9.64. The summed E-state index contributed by atoms with van der Waals surface area (Å²) in [6.07, 6.45) is 12.2. The minimum absolute atomic E-state index is 0.0218. The number of rotatable bonds is 13. The second-order valence-corrected chi connectivity index (χ2v) is 6.67. The maximum absolute atomic E-state index is 11.6. The Bertz CT molecular complexity index is 563. The maximum atomic E-state index is 11.6. The van der Waals surface area contributed by atoms with E-state index in [2.05, 4.69) is 6.92 Å². The van der Waals surface area contributed by atoms with Crippen molar-refractivity contribution in [3.8, 4) is 0 Å². The Morgan fingerprint density at radius 3 is 1.84 bits per heavy atom. The van der Waals surface area contributed by atoms with Gasteiger partial charge in [-0.2, -0.15) is 0 Å². The van der Waals surface area contributed by atoms with Crippen molar-refractivity contribution in [2.45, 2.75) is 84.5 Å². The van der Waals surface area contributed by atoms with Crippen molar-refractivity contribution in [1.29, 1.82) is 0 Å². The van der Waals surface area contributed by atoms with Gasteiger partial charge in [-0.15, -0.1) is 0 Å². The lowest BCUT2D eigenvalue weighted by molar-refractivity contribution is 0.0650. The average molecular weight is 348 g/mol. The summed E-state index contributed by atoms with van der Waals surface area (Å²) in [6, 6.07) is 3.18. The van der Waals surface area contributed by atoms with Gasteiger partial charge in [-0.3, -0.25) is 0 Å².